The van der Waals surface area contributed by atoms with E-state index < -0.39 is 0 Å². The topological polar surface area (TPSA) is 80.6 Å². The minimum Gasteiger partial charge on any atom is -0.493 e. The molecule has 0 saturated carbocycles. The van der Waals surface area contributed by atoms with Crippen LogP contribution in [-0.2, 0) is 9.53 Å². The summed E-state index contributed by atoms with van der Waals surface area (Å²) in [6.45, 7) is 1.17. The molecule has 0 spiro atoms. The molecule has 0 bridgehead atoms. The van der Waals surface area contributed by atoms with Gasteiger partial charge < -0.3 is 19.5 Å². The Morgan fingerprint density at radius 3 is 3.05 bits per heavy atom. The van der Waals surface area contributed by atoms with E-state index in [1.54, 1.807) is 18.2 Å². The molecule has 1 heterocycles. The van der Waals surface area contributed by atoms with Crippen molar-refractivity contribution in [2.45, 2.75) is 18.9 Å². The van der Waals surface area contributed by atoms with Crippen LogP contribution < -0.4 is 14.8 Å². The first-order valence-corrected chi connectivity index (χ1v) is 6.82. The van der Waals surface area contributed by atoms with Crippen LogP contribution in [0, 0.1) is 11.3 Å². The fourth-order valence-corrected chi connectivity index (χ4v) is 2.08. The molecular formula is C15H18N2O4. The van der Waals surface area contributed by atoms with E-state index in [-0.39, 0.29) is 18.6 Å². The van der Waals surface area contributed by atoms with E-state index in [2.05, 4.69) is 5.32 Å². The number of rotatable bonds is 6. The number of nitrogens with one attached hydrogen (secondary N) is 1. The molecule has 0 aliphatic carbocycles. The Kier molecular flexibility index (Phi) is 5.41. The Morgan fingerprint density at radius 1 is 1.52 bits per heavy atom. The molecule has 2 rings (SSSR count). The van der Waals surface area contributed by atoms with E-state index >= 15 is 0 Å². The van der Waals surface area contributed by atoms with Crippen LogP contribution >= 0.6 is 0 Å². The summed E-state index contributed by atoms with van der Waals surface area (Å²) >= 11 is 0. The van der Waals surface area contributed by atoms with Gasteiger partial charge in [0.25, 0.3) is 5.91 Å². The molecule has 1 fully saturated rings. The number of methoxy groups -OCH3 is 1. The van der Waals surface area contributed by atoms with Gasteiger partial charge in [-0.1, -0.05) is 0 Å². The average molecular weight is 290 g/mol. The summed E-state index contributed by atoms with van der Waals surface area (Å²) in [6.07, 6.45) is 2.13. The van der Waals surface area contributed by atoms with Crippen molar-refractivity contribution in [2.24, 2.45) is 0 Å². The van der Waals surface area contributed by atoms with Gasteiger partial charge in [0.2, 0.25) is 0 Å². The third-order valence-electron chi connectivity index (χ3n) is 3.20. The van der Waals surface area contributed by atoms with Crippen molar-refractivity contribution in [3.8, 4) is 17.6 Å². The highest BCUT2D eigenvalue weighted by Gasteiger charge is 2.16. The van der Waals surface area contributed by atoms with Gasteiger partial charge in [0.1, 0.15) is 0 Å². The second kappa shape index (κ2) is 7.50. The normalized spacial score (nSPS) is 17.0. The summed E-state index contributed by atoms with van der Waals surface area (Å²) in [6, 6.07) is 6.81. The van der Waals surface area contributed by atoms with Crippen LogP contribution in [0.3, 0.4) is 0 Å². The molecular weight excluding hydrogens is 272 g/mol. The minimum atomic E-state index is -0.211. The summed E-state index contributed by atoms with van der Waals surface area (Å²) in [7, 11) is 1.49. The molecule has 112 valence electrons. The lowest BCUT2D eigenvalue weighted by Crippen LogP contribution is -2.35. The third kappa shape index (κ3) is 4.36. The van der Waals surface area contributed by atoms with Gasteiger partial charge in [-0.2, -0.15) is 5.26 Å². The Bertz CT molecular complexity index is 533. The second-order valence-electron chi connectivity index (χ2n) is 4.71. The van der Waals surface area contributed by atoms with Crippen molar-refractivity contribution < 1.29 is 19.0 Å². The molecule has 1 amide bonds. The third-order valence-corrected chi connectivity index (χ3v) is 3.20. The summed E-state index contributed by atoms with van der Waals surface area (Å²) in [5.74, 6) is 0.654. The number of benzene rings is 1. The molecule has 1 N–H and O–H groups in total. The van der Waals surface area contributed by atoms with Crippen molar-refractivity contribution in [1.29, 1.82) is 5.26 Å². The van der Waals surface area contributed by atoms with E-state index in [0.717, 1.165) is 19.4 Å². The molecule has 1 aromatic carbocycles. The Balaban J connectivity index is 1.81. The van der Waals surface area contributed by atoms with Crippen molar-refractivity contribution in [1.82, 2.24) is 5.32 Å². The van der Waals surface area contributed by atoms with Gasteiger partial charge in [0, 0.05) is 19.2 Å². The predicted octanol–water partition coefficient (Wildman–Crippen LogP) is 1.24. The maximum atomic E-state index is 11.7. The Morgan fingerprint density at radius 2 is 2.38 bits per heavy atom. The molecule has 1 atom stereocenters. The van der Waals surface area contributed by atoms with E-state index in [0.29, 0.717) is 23.6 Å². The first kappa shape index (κ1) is 15.1. The van der Waals surface area contributed by atoms with Crippen LogP contribution in [0.1, 0.15) is 18.4 Å². The number of hydrogen-bond donors (Lipinski definition) is 1. The van der Waals surface area contributed by atoms with Gasteiger partial charge in [0.15, 0.2) is 18.1 Å². The lowest BCUT2D eigenvalue weighted by atomic mass is 10.2. The zero-order chi connectivity index (χ0) is 15.1. The number of ether oxygens (including phenoxy) is 3. The van der Waals surface area contributed by atoms with E-state index in [9.17, 15) is 4.79 Å². The smallest absolute Gasteiger partial charge is 0.258 e. The molecule has 21 heavy (non-hydrogen) atoms. The van der Waals surface area contributed by atoms with Crippen LogP contribution in [0.15, 0.2) is 18.2 Å². The van der Waals surface area contributed by atoms with Gasteiger partial charge in [-0.3, -0.25) is 4.79 Å². The molecule has 1 aliphatic rings. The van der Waals surface area contributed by atoms with E-state index in [1.165, 1.54) is 7.11 Å². The minimum absolute atomic E-state index is 0.102. The van der Waals surface area contributed by atoms with Crippen LogP contribution in [-0.4, -0.2) is 38.9 Å². The molecule has 6 heteroatoms. The highest BCUT2D eigenvalue weighted by molar-refractivity contribution is 5.77. The van der Waals surface area contributed by atoms with Crippen LogP contribution in [0.5, 0.6) is 11.5 Å². The average Bonchev–Trinajstić information content (AvgIpc) is 3.04. The van der Waals surface area contributed by atoms with E-state index in [4.69, 9.17) is 19.5 Å². The van der Waals surface area contributed by atoms with Gasteiger partial charge in [0.05, 0.1) is 24.8 Å². The number of nitriles is 1. The fourth-order valence-electron chi connectivity index (χ4n) is 2.08. The molecule has 0 aromatic heterocycles. The van der Waals surface area contributed by atoms with Crippen molar-refractivity contribution in [3.05, 3.63) is 23.8 Å². The number of amides is 1. The standard InChI is InChI=1S/C15H18N2O4/c1-19-14-7-11(8-16)4-5-13(14)21-10-15(18)17-9-12-3-2-6-20-12/h4-5,7,12H,2-3,6,9-10H2,1H3,(H,17,18)/t12-/m0/s1. The lowest BCUT2D eigenvalue weighted by molar-refractivity contribution is -0.123. The SMILES string of the molecule is COc1cc(C#N)ccc1OCC(=O)NC[C@@H]1CCCO1. The van der Waals surface area contributed by atoms with Gasteiger partial charge in [-0.05, 0) is 25.0 Å². The zero-order valence-corrected chi connectivity index (χ0v) is 11.9. The number of carbonyl (C=O) groups excluding carboxylic acids is 1. The van der Waals surface area contributed by atoms with Crippen LogP contribution in [0.2, 0.25) is 0 Å². The zero-order valence-electron chi connectivity index (χ0n) is 11.9. The predicted molar refractivity (Wildman–Crippen MR) is 75.2 cm³/mol. The number of hydrogen-bond acceptors (Lipinski definition) is 5. The summed E-state index contributed by atoms with van der Waals surface area (Å²) in [5.41, 5.74) is 0.474. The summed E-state index contributed by atoms with van der Waals surface area (Å²) < 4.78 is 16.0. The van der Waals surface area contributed by atoms with Crippen molar-refractivity contribution in [3.63, 3.8) is 0 Å². The van der Waals surface area contributed by atoms with Crippen LogP contribution in [0.25, 0.3) is 0 Å². The quantitative estimate of drug-likeness (QED) is 0.852. The molecule has 1 saturated heterocycles. The summed E-state index contributed by atoms with van der Waals surface area (Å²) in [4.78, 5) is 11.7. The number of nitrogens with zero attached hydrogens (tertiary/aromatic N) is 1. The Hall–Kier alpha value is -2.26. The van der Waals surface area contributed by atoms with Gasteiger partial charge >= 0.3 is 0 Å². The first-order valence-electron chi connectivity index (χ1n) is 6.82. The molecule has 1 aliphatic heterocycles. The highest BCUT2D eigenvalue weighted by Crippen LogP contribution is 2.27. The van der Waals surface area contributed by atoms with E-state index in [1.807, 2.05) is 6.07 Å². The van der Waals surface area contributed by atoms with Crippen molar-refractivity contribution >= 4 is 5.91 Å². The molecule has 0 radical (unpaired) electrons. The highest BCUT2D eigenvalue weighted by atomic mass is 16.5. The maximum absolute atomic E-state index is 11.7. The van der Waals surface area contributed by atoms with Crippen LogP contribution in [0.4, 0.5) is 0 Å². The van der Waals surface area contributed by atoms with Crippen molar-refractivity contribution in [2.75, 3.05) is 26.9 Å². The monoisotopic (exact) mass is 290 g/mol. The lowest BCUT2D eigenvalue weighted by Gasteiger charge is -2.13. The van der Waals surface area contributed by atoms with Gasteiger partial charge in [-0.25, -0.2) is 0 Å². The molecule has 6 nitrogen and oxygen atoms in total. The fraction of sp³-hybridized carbons (Fsp3) is 0.467. The summed E-state index contributed by atoms with van der Waals surface area (Å²) in [5, 5.41) is 11.6. The first-order chi connectivity index (χ1) is 10.2. The largest absolute Gasteiger partial charge is 0.493 e. The molecule has 0 unspecified atom stereocenters. The Labute approximate surface area is 123 Å². The second-order valence-corrected chi connectivity index (χ2v) is 4.71. The maximum Gasteiger partial charge on any atom is 0.258 e. The number of carbonyl (C=O) groups is 1. The molecule has 1 aromatic rings. The van der Waals surface area contributed by atoms with Gasteiger partial charge in [-0.15, -0.1) is 0 Å².